The minimum atomic E-state index is 0.101. The van der Waals surface area contributed by atoms with Crippen LogP contribution in [0.15, 0.2) is 46.0 Å². The lowest BCUT2D eigenvalue weighted by atomic mass is 10.1. The summed E-state index contributed by atoms with van der Waals surface area (Å²) < 4.78 is 6.50. The van der Waals surface area contributed by atoms with Gasteiger partial charge in [-0.25, -0.2) is 0 Å². The summed E-state index contributed by atoms with van der Waals surface area (Å²) >= 11 is 8.90. The van der Waals surface area contributed by atoms with E-state index in [1.807, 2.05) is 42.2 Å². The van der Waals surface area contributed by atoms with E-state index in [1.54, 1.807) is 11.3 Å². The number of hydrogen-bond donors (Lipinski definition) is 0. The molecule has 29 heavy (non-hydrogen) atoms. The molecule has 1 amide bonds. The molecule has 6 nitrogen and oxygen atoms in total. The van der Waals surface area contributed by atoms with Crippen molar-refractivity contribution in [3.63, 3.8) is 0 Å². The van der Waals surface area contributed by atoms with Crippen molar-refractivity contribution in [2.24, 2.45) is 0 Å². The standard InChI is InChI=1S/C20H21ClN4O2S2/c1-14-2-4-15(5-3-14)19-22-23-20(27-19)28-13-18(26)25-10-8-24(9-11-25)12-16-6-7-17(21)29-16/h2-7H,8-13H2,1H3. The van der Waals surface area contributed by atoms with E-state index >= 15 is 0 Å². The summed E-state index contributed by atoms with van der Waals surface area (Å²) in [5.74, 6) is 0.877. The zero-order valence-corrected chi connectivity index (χ0v) is 18.4. The number of carbonyl (C=O) groups excluding carboxylic acids is 1. The number of amides is 1. The van der Waals surface area contributed by atoms with Crippen LogP contribution >= 0.6 is 34.7 Å². The van der Waals surface area contributed by atoms with Crippen LogP contribution in [0.25, 0.3) is 11.5 Å². The Morgan fingerprint density at radius 2 is 1.90 bits per heavy atom. The lowest BCUT2D eigenvalue weighted by molar-refractivity contribution is -0.130. The molecule has 1 saturated heterocycles. The van der Waals surface area contributed by atoms with E-state index in [9.17, 15) is 4.79 Å². The molecule has 1 aromatic carbocycles. The molecule has 9 heteroatoms. The summed E-state index contributed by atoms with van der Waals surface area (Å²) in [6.07, 6.45) is 0. The van der Waals surface area contributed by atoms with Crippen LogP contribution in [0, 0.1) is 6.92 Å². The molecule has 2 aromatic heterocycles. The number of aromatic nitrogens is 2. The minimum Gasteiger partial charge on any atom is -0.411 e. The highest BCUT2D eigenvalue weighted by molar-refractivity contribution is 7.99. The maximum atomic E-state index is 12.5. The summed E-state index contributed by atoms with van der Waals surface area (Å²) in [6.45, 7) is 6.11. The van der Waals surface area contributed by atoms with Crippen molar-refractivity contribution in [2.75, 3.05) is 31.9 Å². The lowest BCUT2D eigenvalue weighted by Crippen LogP contribution is -2.48. The van der Waals surface area contributed by atoms with Gasteiger partial charge in [0.2, 0.25) is 11.8 Å². The van der Waals surface area contributed by atoms with Crippen LogP contribution in [0.4, 0.5) is 0 Å². The number of rotatable bonds is 6. The van der Waals surface area contributed by atoms with Gasteiger partial charge in [-0.3, -0.25) is 9.69 Å². The lowest BCUT2D eigenvalue weighted by Gasteiger charge is -2.34. The molecule has 1 aliphatic heterocycles. The highest BCUT2D eigenvalue weighted by atomic mass is 35.5. The van der Waals surface area contributed by atoms with E-state index in [1.165, 1.54) is 22.2 Å². The van der Waals surface area contributed by atoms with Gasteiger partial charge in [0.1, 0.15) is 0 Å². The SMILES string of the molecule is Cc1ccc(-c2nnc(SCC(=O)N3CCN(Cc4ccc(Cl)s4)CC3)o2)cc1. The molecule has 152 valence electrons. The number of piperazine rings is 1. The van der Waals surface area contributed by atoms with Crippen molar-refractivity contribution < 1.29 is 9.21 Å². The van der Waals surface area contributed by atoms with E-state index in [0.29, 0.717) is 16.9 Å². The van der Waals surface area contributed by atoms with Gasteiger partial charge < -0.3 is 9.32 Å². The molecule has 3 aromatic rings. The molecule has 0 radical (unpaired) electrons. The Morgan fingerprint density at radius 3 is 2.59 bits per heavy atom. The normalized spacial score (nSPS) is 15.0. The number of thioether (sulfide) groups is 1. The van der Waals surface area contributed by atoms with E-state index in [-0.39, 0.29) is 5.91 Å². The second-order valence-corrected chi connectivity index (χ2v) is 9.62. The zero-order chi connectivity index (χ0) is 20.2. The topological polar surface area (TPSA) is 62.5 Å². The van der Waals surface area contributed by atoms with Crippen LogP contribution in [-0.2, 0) is 11.3 Å². The molecule has 3 heterocycles. The zero-order valence-electron chi connectivity index (χ0n) is 16.0. The Morgan fingerprint density at radius 1 is 1.14 bits per heavy atom. The Hall–Kier alpha value is -1.87. The second kappa shape index (κ2) is 9.30. The molecule has 0 atom stereocenters. The summed E-state index contributed by atoms with van der Waals surface area (Å²) in [5, 5.41) is 8.55. The quantitative estimate of drug-likeness (QED) is 0.527. The largest absolute Gasteiger partial charge is 0.411 e. The molecule has 0 aliphatic carbocycles. The maximum absolute atomic E-state index is 12.5. The van der Waals surface area contributed by atoms with Gasteiger partial charge in [-0.15, -0.1) is 21.5 Å². The fourth-order valence-electron chi connectivity index (χ4n) is 3.11. The Balaban J connectivity index is 1.24. The van der Waals surface area contributed by atoms with Crippen molar-refractivity contribution >= 4 is 40.6 Å². The first-order chi connectivity index (χ1) is 14.1. The number of nitrogens with zero attached hydrogens (tertiary/aromatic N) is 4. The van der Waals surface area contributed by atoms with E-state index < -0.39 is 0 Å². The smallest absolute Gasteiger partial charge is 0.277 e. The highest BCUT2D eigenvalue weighted by Gasteiger charge is 2.22. The average Bonchev–Trinajstić information content (AvgIpc) is 3.36. The monoisotopic (exact) mass is 448 g/mol. The van der Waals surface area contributed by atoms with Crippen molar-refractivity contribution in [3.8, 4) is 11.5 Å². The van der Waals surface area contributed by atoms with Crippen molar-refractivity contribution in [2.45, 2.75) is 18.7 Å². The van der Waals surface area contributed by atoms with Gasteiger partial charge in [-0.2, -0.15) is 0 Å². The van der Waals surface area contributed by atoms with Crippen molar-refractivity contribution in [1.29, 1.82) is 0 Å². The van der Waals surface area contributed by atoms with Gasteiger partial charge >= 0.3 is 0 Å². The molecule has 1 aliphatic rings. The molecule has 0 N–H and O–H groups in total. The number of hydrogen-bond acceptors (Lipinski definition) is 7. The van der Waals surface area contributed by atoms with E-state index in [0.717, 1.165) is 42.6 Å². The molecular weight excluding hydrogens is 428 g/mol. The van der Waals surface area contributed by atoms with Crippen LogP contribution in [0.5, 0.6) is 0 Å². The predicted octanol–water partition coefficient (Wildman–Crippen LogP) is 4.20. The van der Waals surface area contributed by atoms with Gasteiger partial charge in [0.05, 0.1) is 10.1 Å². The Labute approximate surface area is 182 Å². The van der Waals surface area contributed by atoms with Crippen molar-refractivity contribution in [1.82, 2.24) is 20.0 Å². The van der Waals surface area contributed by atoms with Gasteiger partial charge in [-0.1, -0.05) is 41.1 Å². The third-order valence-corrected chi connectivity index (χ3v) is 6.78. The molecule has 0 spiro atoms. The number of carbonyl (C=O) groups is 1. The number of aryl methyl sites for hydroxylation is 1. The van der Waals surface area contributed by atoms with Gasteiger partial charge in [-0.05, 0) is 31.2 Å². The number of thiophene rings is 1. The fourth-order valence-corrected chi connectivity index (χ4v) is 4.90. The van der Waals surface area contributed by atoms with Crippen LogP contribution in [0.3, 0.4) is 0 Å². The van der Waals surface area contributed by atoms with Crippen LogP contribution in [0.1, 0.15) is 10.4 Å². The van der Waals surface area contributed by atoms with Crippen LogP contribution in [-0.4, -0.2) is 57.8 Å². The van der Waals surface area contributed by atoms with Crippen LogP contribution < -0.4 is 0 Å². The summed E-state index contributed by atoms with van der Waals surface area (Å²) in [5.41, 5.74) is 2.05. The van der Waals surface area contributed by atoms with Crippen molar-refractivity contribution in [3.05, 3.63) is 51.2 Å². The predicted molar refractivity (Wildman–Crippen MR) is 116 cm³/mol. The maximum Gasteiger partial charge on any atom is 0.277 e. The molecule has 0 unspecified atom stereocenters. The fraction of sp³-hybridized carbons (Fsp3) is 0.350. The first kappa shape index (κ1) is 20.4. The summed E-state index contributed by atoms with van der Waals surface area (Å²) in [6, 6.07) is 11.9. The molecule has 1 fully saturated rings. The average molecular weight is 449 g/mol. The number of halogens is 1. The minimum absolute atomic E-state index is 0.101. The van der Waals surface area contributed by atoms with Crippen LogP contribution in [0.2, 0.25) is 4.34 Å². The Kier molecular flexibility index (Phi) is 6.54. The first-order valence-electron chi connectivity index (χ1n) is 9.34. The summed E-state index contributed by atoms with van der Waals surface area (Å²) in [4.78, 5) is 18.0. The highest BCUT2D eigenvalue weighted by Crippen LogP contribution is 2.25. The molecule has 4 rings (SSSR count). The van der Waals surface area contributed by atoms with Gasteiger partial charge in [0.25, 0.3) is 5.22 Å². The number of benzene rings is 1. The first-order valence-corrected chi connectivity index (χ1v) is 11.5. The van der Waals surface area contributed by atoms with Gasteiger partial charge in [0.15, 0.2) is 0 Å². The molecular formula is C20H21ClN4O2S2. The molecule has 0 saturated carbocycles. The Bertz CT molecular complexity index is 965. The summed E-state index contributed by atoms with van der Waals surface area (Å²) in [7, 11) is 0. The third-order valence-electron chi connectivity index (χ3n) is 4.76. The second-order valence-electron chi connectivity index (χ2n) is 6.89. The molecule has 0 bridgehead atoms. The van der Waals surface area contributed by atoms with E-state index in [4.69, 9.17) is 16.0 Å². The van der Waals surface area contributed by atoms with Gasteiger partial charge in [0, 0.05) is 43.2 Å². The van der Waals surface area contributed by atoms with E-state index in [2.05, 4.69) is 21.2 Å². The third kappa shape index (κ3) is 5.39.